The second kappa shape index (κ2) is 5.25. The summed E-state index contributed by atoms with van der Waals surface area (Å²) in [5.41, 5.74) is 4.78. The Kier molecular flexibility index (Phi) is 3.42. The van der Waals surface area contributed by atoms with Gasteiger partial charge < -0.3 is 9.67 Å². The van der Waals surface area contributed by atoms with Crippen LogP contribution in [0, 0.1) is 13.8 Å². The first-order valence-electron chi connectivity index (χ1n) is 6.53. The van der Waals surface area contributed by atoms with Gasteiger partial charge in [-0.2, -0.15) is 0 Å². The molecule has 21 heavy (non-hydrogen) atoms. The number of hydrogen-bond acceptors (Lipinski definition) is 5. The Morgan fingerprint density at radius 3 is 2.76 bits per heavy atom. The SMILES string of the molecule is Cc1cc2nc(-c3csnn3)n(CCC(=O)O)c2cc1C. The zero-order chi connectivity index (χ0) is 15.0. The van der Waals surface area contributed by atoms with Crippen molar-refractivity contribution in [1.82, 2.24) is 19.1 Å². The van der Waals surface area contributed by atoms with Gasteiger partial charge in [0.05, 0.1) is 17.5 Å². The Morgan fingerprint density at radius 1 is 1.33 bits per heavy atom. The van der Waals surface area contributed by atoms with E-state index in [2.05, 4.69) is 14.6 Å². The van der Waals surface area contributed by atoms with Crippen LogP contribution >= 0.6 is 11.5 Å². The number of aliphatic carboxylic acids is 1. The molecule has 2 aromatic heterocycles. The third kappa shape index (κ3) is 2.52. The van der Waals surface area contributed by atoms with Crippen LogP contribution in [0.4, 0.5) is 0 Å². The van der Waals surface area contributed by atoms with Crippen LogP contribution < -0.4 is 0 Å². The molecule has 0 radical (unpaired) electrons. The maximum atomic E-state index is 10.9. The lowest BCUT2D eigenvalue weighted by Gasteiger charge is -2.07. The standard InChI is InChI=1S/C14H14N4O2S/c1-8-5-10-12(6-9(8)2)18(4-3-13(19)20)14(15-10)11-7-21-17-16-11/h5-7H,3-4H2,1-2H3,(H,19,20). The molecule has 0 unspecified atom stereocenters. The zero-order valence-electron chi connectivity index (χ0n) is 11.7. The van der Waals surface area contributed by atoms with Crippen LogP contribution in [0.25, 0.3) is 22.6 Å². The molecule has 0 spiro atoms. The molecule has 0 amide bonds. The van der Waals surface area contributed by atoms with E-state index >= 15 is 0 Å². The fourth-order valence-electron chi connectivity index (χ4n) is 2.27. The van der Waals surface area contributed by atoms with Gasteiger partial charge in [0.15, 0.2) is 5.82 Å². The average molecular weight is 302 g/mol. The van der Waals surface area contributed by atoms with Crippen molar-refractivity contribution in [3.63, 3.8) is 0 Å². The summed E-state index contributed by atoms with van der Waals surface area (Å²) >= 11 is 1.25. The number of aromatic nitrogens is 4. The number of rotatable bonds is 4. The van der Waals surface area contributed by atoms with Crippen molar-refractivity contribution in [2.24, 2.45) is 0 Å². The number of fused-ring (bicyclic) bond motifs is 1. The number of nitrogens with zero attached hydrogens (tertiary/aromatic N) is 4. The van der Waals surface area contributed by atoms with E-state index in [-0.39, 0.29) is 6.42 Å². The Bertz CT molecular complexity index is 808. The zero-order valence-corrected chi connectivity index (χ0v) is 12.5. The Hall–Kier alpha value is -2.28. The van der Waals surface area contributed by atoms with Crippen molar-refractivity contribution < 1.29 is 9.90 Å². The van der Waals surface area contributed by atoms with E-state index in [1.807, 2.05) is 35.9 Å². The molecular weight excluding hydrogens is 288 g/mol. The largest absolute Gasteiger partial charge is 0.481 e. The van der Waals surface area contributed by atoms with Crippen molar-refractivity contribution in [2.45, 2.75) is 26.8 Å². The minimum Gasteiger partial charge on any atom is -0.481 e. The van der Waals surface area contributed by atoms with E-state index in [0.717, 1.165) is 22.2 Å². The van der Waals surface area contributed by atoms with E-state index < -0.39 is 5.97 Å². The summed E-state index contributed by atoms with van der Waals surface area (Å²) in [6.07, 6.45) is 0.0446. The van der Waals surface area contributed by atoms with Crippen LogP contribution in [0.1, 0.15) is 17.5 Å². The van der Waals surface area contributed by atoms with Gasteiger partial charge in [0.25, 0.3) is 0 Å². The molecule has 0 saturated carbocycles. The van der Waals surface area contributed by atoms with Crippen molar-refractivity contribution in [3.8, 4) is 11.5 Å². The Labute approximate surface area is 125 Å². The third-order valence-corrected chi connectivity index (χ3v) is 4.01. The molecule has 6 nitrogen and oxygen atoms in total. The molecule has 3 rings (SSSR count). The highest BCUT2D eigenvalue weighted by Crippen LogP contribution is 2.26. The Balaban J connectivity index is 2.20. The van der Waals surface area contributed by atoms with Gasteiger partial charge >= 0.3 is 5.97 Å². The minimum absolute atomic E-state index is 0.0446. The maximum Gasteiger partial charge on any atom is 0.305 e. The molecule has 3 aromatic rings. The number of hydrogen-bond donors (Lipinski definition) is 1. The van der Waals surface area contributed by atoms with Crippen LogP contribution in [0.3, 0.4) is 0 Å². The van der Waals surface area contributed by atoms with Gasteiger partial charge in [-0.15, -0.1) is 5.10 Å². The molecule has 0 saturated heterocycles. The number of carbonyl (C=O) groups is 1. The molecule has 1 aromatic carbocycles. The summed E-state index contributed by atoms with van der Waals surface area (Å²) in [5, 5.41) is 14.8. The van der Waals surface area contributed by atoms with Gasteiger partial charge in [-0.3, -0.25) is 4.79 Å². The monoisotopic (exact) mass is 302 g/mol. The second-order valence-electron chi connectivity index (χ2n) is 4.95. The first-order valence-corrected chi connectivity index (χ1v) is 7.36. The minimum atomic E-state index is -0.831. The van der Waals surface area contributed by atoms with Crippen LogP contribution in [0.5, 0.6) is 0 Å². The average Bonchev–Trinajstić information content (AvgIpc) is 3.04. The second-order valence-corrected chi connectivity index (χ2v) is 5.56. The van der Waals surface area contributed by atoms with Gasteiger partial charge in [0.2, 0.25) is 0 Å². The fraction of sp³-hybridized carbons (Fsp3) is 0.286. The van der Waals surface area contributed by atoms with E-state index in [0.29, 0.717) is 18.1 Å². The molecule has 7 heteroatoms. The van der Waals surface area contributed by atoms with E-state index in [1.54, 1.807) is 0 Å². The van der Waals surface area contributed by atoms with Gasteiger partial charge in [-0.1, -0.05) is 4.49 Å². The maximum absolute atomic E-state index is 10.9. The van der Waals surface area contributed by atoms with E-state index in [1.165, 1.54) is 11.5 Å². The fourth-order valence-corrected chi connectivity index (χ4v) is 2.71. The number of imidazole rings is 1. The number of carboxylic acids is 1. The highest BCUT2D eigenvalue weighted by atomic mass is 32.1. The van der Waals surface area contributed by atoms with E-state index in [4.69, 9.17) is 5.11 Å². The van der Waals surface area contributed by atoms with Gasteiger partial charge in [-0.05, 0) is 48.6 Å². The normalized spacial score (nSPS) is 11.1. The van der Waals surface area contributed by atoms with Crippen LogP contribution in [-0.2, 0) is 11.3 Å². The summed E-state index contributed by atoms with van der Waals surface area (Å²) in [5.74, 6) is -0.159. The topological polar surface area (TPSA) is 80.9 Å². The molecule has 0 atom stereocenters. The van der Waals surface area contributed by atoms with Crippen molar-refractivity contribution in [3.05, 3.63) is 28.6 Å². The Morgan fingerprint density at radius 2 is 2.10 bits per heavy atom. The highest BCUT2D eigenvalue weighted by molar-refractivity contribution is 7.03. The predicted octanol–water partition coefficient (Wildman–Crippen LogP) is 2.65. The van der Waals surface area contributed by atoms with Gasteiger partial charge in [0.1, 0.15) is 5.69 Å². The van der Waals surface area contributed by atoms with Crippen LogP contribution in [-0.4, -0.2) is 30.2 Å². The lowest BCUT2D eigenvalue weighted by Crippen LogP contribution is -2.06. The molecule has 108 valence electrons. The molecule has 0 aliphatic heterocycles. The summed E-state index contributed by atoms with van der Waals surface area (Å²) in [4.78, 5) is 15.5. The lowest BCUT2D eigenvalue weighted by atomic mass is 10.1. The van der Waals surface area contributed by atoms with Crippen molar-refractivity contribution >= 4 is 28.5 Å². The lowest BCUT2D eigenvalue weighted by molar-refractivity contribution is -0.137. The quantitative estimate of drug-likeness (QED) is 0.801. The number of benzene rings is 1. The van der Waals surface area contributed by atoms with Gasteiger partial charge in [-0.25, -0.2) is 4.98 Å². The molecule has 0 aliphatic rings. The smallest absolute Gasteiger partial charge is 0.305 e. The highest BCUT2D eigenvalue weighted by Gasteiger charge is 2.16. The number of carboxylic acid groups (broad SMARTS) is 1. The summed E-state index contributed by atoms with van der Waals surface area (Å²) in [6.45, 7) is 4.43. The number of aryl methyl sites for hydroxylation is 3. The van der Waals surface area contributed by atoms with E-state index in [9.17, 15) is 4.79 Å². The molecular formula is C14H14N4O2S. The summed E-state index contributed by atoms with van der Waals surface area (Å²) in [7, 11) is 0. The first kappa shape index (κ1) is 13.7. The third-order valence-electron chi connectivity index (χ3n) is 3.50. The van der Waals surface area contributed by atoms with Crippen molar-refractivity contribution in [2.75, 3.05) is 0 Å². The molecule has 0 fully saturated rings. The predicted molar refractivity (Wildman–Crippen MR) is 80.4 cm³/mol. The molecule has 1 N–H and O–H groups in total. The summed E-state index contributed by atoms with van der Waals surface area (Å²) < 4.78 is 5.77. The molecule has 2 heterocycles. The molecule has 0 bridgehead atoms. The van der Waals surface area contributed by atoms with Crippen LogP contribution in [0.15, 0.2) is 17.5 Å². The van der Waals surface area contributed by atoms with Gasteiger partial charge in [0, 0.05) is 11.9 Å². The molecule has 0 aliphatic carbocycles. The summed E-state index contributed by atoms with van der Waals surface area (Å²) in [6, 6.07) is 4.06. The van der Waals surface area contributed by atoms with Crippen molar-refractivity contribution in [1.29, 1.82) is 0 Å². The first-order chi connectivity index (χ1) is 10.1. The van der Waals surface area contributed by atoms with Crippen LogP contribution in [0.2, 0.25) is 0 Å².